The summed E-state index contributed by atoms with van der Waals surface area (Å²) < 4.78 is 10.7. The molecule has 0 aliphatic carbocycles. The van der Waals surface area contributed by atoms with Crippen LogP contribution in [-0.2, 0) is 11.3 Å². The first-order valence-corrected chi connectivity index (χ1v) is 10.5. The molecular formula is C24H33N3O3. The summed E-state index contributed by atoms with van der Waals surface area (Å²) in [6, 6.07) is 16.3. The molecule has 1 fully saturated rings. The fourth-order valence-electron chi connectivity index (χ4n) is 3.82. The van der Waals surface area contributed by atoms with Crippen LogP contribution in [-0.4, -0.2) is 74.6 Å². The zero-order valence-electron chi connectivity index (χ0n) is 18.5. The third-order valence-corrected chi connectivity index (χ3v) is 5.93. The summed E-state index contributed by atoms with van der Waals surface area (Å²) in [5.74, 6) is 1.67. The van der Waals surface area contributed by atoms with Crippen LogP contribution in [0.4, 0.5) is 0 Å². The van der Waals surface area contributed by atoms with Crippen LogP contribution in [0.15, 0.2) is 48.5 Å². The average Bonchev–Trinajstić information content (AvgIpc) is 2.79. The van der Waals surface area contributed by atoms with E-state index < -0.39 is 0 Å². The Hall–Kier alpha value is -2.57. The van der Waals surface area contributed by atoms with Gasteiger partial charge < -0.3 is 14.4 Å². The number of carbonyl (C=O) groups is 1. The summed E-state index contributed by atoms with van der Waals surface area (Å²) in [6.07, 6.45) is 0. The van der Waals surface area contributed by atoms with Crippen molar-refractivity contribution in [2.45, 2.75) is 19.5 Å². The molecule has 3 rings (SSSR count). The van der Waals surface area contributed by atoms with Crippen LogP contribution < -0.4 is 9.47 Å². The molecule has 1 aliphatic heterocycles. The van der Waals surface area contributed by atoms with Crippen molar-refractivity contribution in [3.8, 4) is 11.5 Å². The van der Waals surface area contributed by atoms with E-state index in [-0.39, 0.29) is 11.9 Å². The van der Waals surface area contributed by atoms with Gasteiger partial charge in [0.25, 0.3) is 0 Å². The molecule has 0 aromatic heterocycles. The number of hydrogen-bond donors (Lipinski definition) is 0. The first-order chi connectivity index (χ1) is 14.5. The molecule has 0 saturated carbocycles. The monoisotopic (exact) mass is 411 g/mol. The molecule has 162 valence electrons. The summed E-state index contributed by atoms with van der Waals surface area (Å²) in [5.41, 5.74) is 2.36. The second-order valence-electron chi connectivity index (χ2n) is 7.83. The molecule has 0 bridgehead atoms. The zero-order chi connectivity index (χ0) is 21.5. The largest absolute Gasteiger partial charge is 0.493 e. The molecule has 0 N–H and O–H groups in total. The Balaban J connectivity index is 1.48. The van der Waals surface area contributed by atoms with Gasteiger partial charge in [-0.2, -0.15) is 0 Å². The lowest BCUT2D eigenvalue weighted by molar-refractivity contribution is -0.133. The maximum Gasteiger partial charge on any atom is 0.236 e. The first kappa shape index (κ1) is 22.1. The van der Waals surface area contributed by atoms with Crippen molar-refractivity contribution in [3.63, 3.8) is 0 Å². The second kappa shape index (κ2) is 10.5. The minimum atomic E-state index is 0.0741. The highest BCUT2D eigenvalue weighted by atomic mass is 16.5. The number of ether oxygens (including phenoxy) is 2. The third-order valence-electron chi connectivity index (χ3n) is 5.93. The van der Waals surface area contributed by atoms with Gasteiger partial charge in [0, 0.05) is 39.8 Å². The Morgan fingerprint density at radius 3 is 2.23 bits per heavy atom. The highest BCUT2D eigenvalue weighted by molar-refractivity contribution is 5.78. The summed E-state index contributed by atoms with van der Waals surface area (Å²) in [6.45, 7) is 7.09. The second-order valence-corrected chi connectivity index (χ2v) is 7.83. The number of carbonyl (C=O) groups excluding carboxylic acids is 1. The number of methoxy groups -OCH3 is 2. The molecule has 1 aliphatic rings. The highest BCUT2D eigenvalue weighted by Gasteiger charge is 2.23. The normalized spacial score (nSPS) is 16.1. The average molecular weight is 412 g/mol. The molecule has 2 aromatic carbocycles. The van der Waals surface area contributed by atoms with Crippen molar-refractivity contribution in [3.05, 3.63) is 59.7 Å². The smallest absolute Gasteiger partial charge is 0.236 e. The fraction of sp³-hybridized carbons (Fsp3) is 0.458. The number of nitrogens with zero attached hydrogens (tertiary/aromatic N) is 3. The van der Waals surface area contributed by atoms with Crippen LogP contribution in [0.2, 0.25) is 0 Å². The SMILES string of the molecule is COc1ccc(CN2CCN(CC(=O)N(C)[C@@H](C)c3ccccc3)CC2)cc1OC. The van der Waals surface area contributed by atoms with Crippen LogP contribution in [0.1, 0.15) is 24.1 Å². The Bertz CT molecular complexity index is 820. The lowest BCUT2D eigenvalue weighted by Gasteiger charge is -2.35. The number of piperazine rings is 1. The van der Waals surface area contributed by atoms with Crippen molar-refractivity contribution < 1.29 is 14.3 Å². The van der Waals surface area contributed by atoms with Crippen molar-refractivity contribution in [2.24, 2.45) is 0 Å². The van der Waals surface area contributed by atoms with Gasteiger partial charge in [0.1, 0.15) is 0 Å². The molecule has 1 amide bonds. The summed E-state index contributed by atoms with van der Waals surface area (Å²) in [7, 11) is 5.20. The van der Waals surface area contributed by atoms with Crippen molar-refractivity contribution in [1.82, 2.24) is 14.7 Å². The molecule has 1 saturated heterocycles. The fourth-order valence-corrected chi connectivity index (χ4v) is 3.82. The Labute approximate surface area is 180 Å². The van der Waals surface area contributed by atoms with Gasteiger partial charge in [-0.05, 0) is 30.2 Å². The molecule has 2 aromatic rings. The lowest BCUT2D eigenvalue weighted by atomic mass is 10.1. The maximum absolute atomic E-state index is 12.8. The number of benzene rings is 2. The molecule has 30 heavy (non-hydrogen) atoms. The predicted octanol–water partition coefficient (Wildman–Crippen LogP) is 3.04. The molecule has 0 radical (unpaired) electrons. The third kappa shape index (κ3) is 5.52. The van der Waals surface area contributed by atoms with Crippen LogP contribution in [0.3, 0.4) is 0 Å². The van der Waals surface area contributed by atoms with E-state index >= 15 is 0 Å². The van der Waals surface area contributed by atoms with Crippen molar-refractivity contribution >= 4 is 5.91 Å². The van der Waals surface area contributed by atoms with Gasteiger partial charge in [-0.25, -0.2) is 0 Å². The highest BCUT2D eigenvalue weighted by Crippen LogP contribution is 2.28. The zero-order valence-corrected chi connectivity index (χ0v) is 18.5. The molecule has 0 spiro atoms. The quantitative estimate of drug-likeness (QED) is 0.668. The molecule has 1 atom stereocenters. The molecule has 1 heterocycles. The van der Waals surface area contributed by atoms with Gasteiger partial charge in [0.2, 0.25) is 5.91 Å². The standard InChI is InChI=1S/C24H33N3O3/c1-19(21-8-6-5-7-9-21)25(2)24(28)18-27-14-12-26(13-15-27)17-20-10-11-22(29-3)23(16-20)30-4/h5-11,16,19H,12-15,17-18H2,1-4H3/t19-/m0/s1. The van der Waals surface area contributed by atoms with E-state index in [0.717, 1.165) is 49.8 Å². The van der Waals surface area contributed by atoms with Gasteiger partial charge >= 0.3 is 0 Å². The Morgan fingerprint density at radius 2 is 1.60 bits per heavy atom. The predicted molar refractivity (Wildman–Crippen MR) is 119 cm³/mol. The van der Waals surface area contributed by atoms with Crippen LogP contribution >= 0.6 is 0 Å². The van der Waals surface area contributed by atoms with Gasteiger partial charge in [-0.15, -0.1) is 0 Å². The van der Waals surface area contributed by atoms with E-state index in [9.17, 15) is 4.79 Å². The van der Waals surface area contributed by atoms with Gasteiger partial charge in [-0.3, -0.25) is 14.6 Å². The minimum absolute atomic E-state index is 0.0741. The minimum Gasteiger partial charge on any atom is -0.493 e. The van der Waals surface area contributed by atoms with Gasteiger partial charge in [0.05, 0.1) is 26.8 Å². The van der Waals surface area contributed by atoms with Crippen molar-refractivity contribution in [1.29, 1.82) is 0 Å². The molecule has 6 nitrogen and oxygen atoms in total. The maximum atomic E-state index is 12.8. The Kier molecular flexibility index (Phi) is 7.71. The van der Waals surface area contributed by atoms with Gasteiger partial charge in [0.15, 0.2) is 11.5 Å². The van der Waals surface area contributed by atoms with E-state index in [1.165, 1.54) is 5.56 Å². The first-order valence-electron chi connectivity index (χ1n) is 10.5. The van der Waals surface area contributed by atoms with Crippen LogP contribution in [0.5, 0.6) is 11.5 Å². The lowest BCUT2D eigenvalue weighted by Crippen LogP contribution is -2.49. The van der Waals surface area contributed by atoms with E-state index in [1.54, 1.807) is 14.2 Å². The van der Waals surface area contributed by atoms with Crippen LogP contribution in [0.25, 0.3) is 0 Å². The Morgan fingerprint density at radius 1 is 0.967 bits per heavy atom. The van der Waals surface area contributed by atoms with Gasteiger partial charge in [-0.1, -0.05) is 36.4 Å². The van der Waals surface area contributed by atoms with E-state index in [1.807, 2.05) is 42.3 Å². The molecule has 0 unspecified atom stereocenters. The van der Waals surface area contributed by atoms with E-state index in [0.29, 0.717) is 6.54 Å². The topological polar surface area (TPSA) is 45.2 Å². The summed E-state index contributed by atoms with van der Waals surface area (Å²) in [5, 5.41) is 0. The van der Waals surface area contributed by atoms with Crippen LogP contribution in [0, 0.1) is 0 Å². The summed E-state index contributed by atoms with van der Waals surface area (Å²) >= 11 is 0. The number of amides is 1. The van der Waals surface area contributed by atoms with Crippen molar-refractivity contribution in [2.75, 3.05) is 54.0 Å². The molecular weight excluding hydrogens is 378 g/mol. The number of rotatable bonds is 8. The van der Waals surface area contributed by atoms with E-state index in [4.69, 9.17) is 9.47 Å². The summed E-state index contributed by atoms with van der Waals surface area (Å²) in [4.78, 5) is 19.3. The number of likely N-dealkylation sites (N-methyl/N-ethyl adjacent to an activating group) is 1. The van der Waals surface area contributed by atoms with E-state index in [2.05, 4.69) is 34.9 Å². The molecule has 6 heteroatoms. The number of hydrogen-bond acceptors (Lipinski definition) is 5.